The van der Waals surface area contributed by atoms with Gasteiger partial charge in [-0.2, -0.15) is 0 Å². The van der Waals surface area contributed by atoms with Gasteiger partial charge in [-0.3, -0.25) is 0 Å². The van der Waals surface area contributed by atoms with Crippen molar-refractivity contribution in [3.05, 3.63) is 59.1 Å². The Kier molecular flexibility index (Phi) is 5.20. The summed E-state index contributed by atoms with van der Waals surface area (Å²) in [4.78, 5) is 12.0. The first-order valence-electron chi connectivity index (χ1n) is 6.69. The fraction of sp³-hybridized carbons (Fsp3) is 0.188. The van der Waals surface area contributed by atoms with E-state index in [2.05, 4.69) is 22.9 Å². The van der Waals surface area contributed by atoms with Gasteiger partial charge in [-0.05, 0) is 49.9 Å². The molecule has 0 bridgehead atoms. The minimum atomic E-state index is -0.300. The SMILES string of the molecule is CNC(C)c1cccc(NC(=O)Nc2cccc(Cl)c2)c1. The highest BCUT2D eigenvalue weighted by Crippen LogP contribution is 2.18. The molecule has 0 aromatic heterocycles. The molecule has 1 atom stereocenters. The number of hydrogen-bond donors (Lipinski definition) is 3. The highest BCUT2D eigenvalue weighted by Gasteiger charge is 2.06. The number of urea groups is 1. The molecule has 2 aromatic carbocycles. The van der Waals surface area contributed by atoms with E-state index in [1.807, 2.05) is 31.3 Å². The molecule has 110 valence electrons. The molecule has 5 heteroatoms. The summed E-state index contributed by atoms with van der Waals surface area (Å²) in [5.41, 5.74) is 2.51. The molecule has 0 saturated carbocycles. The largest absolute Gasteiger partial charge is 0.323 e. The van der Waals surface area contributed by atoms with Gasteiger partial charge in [0.2, 0.25) is 0 Å². The van der Waals surface area contributed by atoms with E-state index >= 15 is 0 Å². The Labute approximate surface area is 129 Å². The summed E-state index contributed by atoms with van der Waals surface area (Å²) in [6.07, 6.45) is 0. The number of benzene rings is 2. The zero-order valence-electron chi connectivity index (χ0n) is 12.0. The Bertz CT molecular complexity index is 630. The van der Waals surface area contributed by atoms with Crippen LogP contribution in [0.3, 0.4) is 0 Å². The third-order valence-corrected chi connectivity index (χ3v) is 3.40. The molecular weight excluding hydrogens is 286 g/mol. The van der Waals surface area contributed by atoms with Crippen LogP contribution >= 0.6 is 11.6 Å². The molecule has 0 fully saturated rings. The lowest BCUT2D eigenvalue weighted by Crippen LogP contribution is -2.20. The summed E-state index contributed by atoms with van der Waals surface area (Å²) < 4.78 is 0. The minimum absolute atomic E-state index is 0.225. The summed E-state index contributed by atoms with van der Waals surface area (Å²) in [5, 5.41) is 9.30. The summed E-state index contributed by atoms with van der Waals surface area (Å²) in [6.45, 7) is 2.06. The van der Waals surface area contributed by atoms with Crippen LogP contribution in [0.4, 0.5) is 16.2 Å². The quantitative estimate of drug-likeness (QED) is 0.790. The van der Waals surface area contributed by atoms with Gasteiger partial charge in [-0.15, -0.1) is 0 Å². The predicted octanol–water partition coefficient (Wildman–Crippen LogP) is 4.26. The van der Waals surface area contributed by atoms with Gasteiger partial charge < -0.3 is 16.0 Å². The molecule has 0 spiro atoms. The number of anilines is 2. The third kappa shape index (κ3) is 4.48. The van der Waals surface area contributed by atoms with E-state index in [9.17, 15) is 4.79 Å². The smallest absolute Gasteiger partial charge is 0.313 e. The first-order valence-corrected chi connectivity index (χ1v) is 7.07. The molecule has 2 amide bonds. The standard InChI is InChI=1S/C16H18ClN3O/c1-11(18-2)12-5-3-7-14(9-12)19-16(21)20-15-8-4-6-13(17)10-15/h3-11,18H,1-2H3,(H2,19,20,21). The molecule has 3 N–H and O–H groups in total. The summed E-state index contributed by atoms with van der Waals surface area (Å²) in [5.74, 6) is 0. The number of amides is 2. The number of halogens is 1. The molecule has 0 aliphatic rings. The average molecular weight is 304 g/mol. The fourth-order valence-corrected chi connectivity index (χ4v) is 2.10. The van der Waals surface area contributed by atoms with Crippen LogP contribution in [-0.2, 0) is 0 Å². The first-order chi connectivity index (χ1) is 10.1. The van der Waals surface area contributed by atoms with Gasteiger partial charge >= 0.3 is 6.03 Å². The Morgan fingerprint density at radius 3 is 2.29 bits per heavy atom. The van der Waals surface area contributed by atoms with Crippen molar-refractivity contribution in [3.63, 3.8) is 0 Å². The van der Waals surface area contributed by atoms with Crippen molar-refractivity contribution < 1.29 is 4.79 Å². The second-order valence-corrected chi connectivity index (χ2v) is 5.16. The van der Waals surface area contributed by atoms with E-state index < -0.39 is 0 Å². The van der Waals surface area contributed by atoms with Gasteiger partial charge in [-0.25, -0.2) is 4.79 Å². The number of carbonyl (C=O) groups is 1. The van der Waals surface area contributed by atoms with Crippen LogP contribution < -0.4 is 16.0 Å². The van der Waals surface area contributed by atoms with E-state index in [1.54, 1.807) is 24.3 Å². The summed E-state index contributed by atoms with van der Waals surface area (Å²) in [7, 11) is 1.90. The van der Waals surface area contributed by atoms with E-state index in [0.29, 0.717) is 10.7 Å². The molecule has 0 saturated heterocycles. The molecule has 1 unspecified atom stereocenters. The Morgan fingerprint density at radius 1 is 1.05 bits per heavy atom. The number of rotatable bonds is 4. The van der Waals surface area contributed by atoms with Gasteiger partial charge in [-0.1, -0.05) is 29.8 Å². The minimum Gasteiger partial charge on any atom is -0.313 e. The number of nitrogens with one attached hydrogen (secondary N) is 3. The van der Waals surface area contributed by atoms with E-state index in [0.717, 1.165) is 11.3 Å². The van der Waals surface area contributed by atoms with Crippen molar-refractivity contribution in [2.45, 2.75) is 13.0 Å². The third-order valence-electron chi connectivity index (χ3n) is 3.16. The van der Waals surface area contributed by atoms with Crippen molar-refractivity contribution in [3.8, 4) is 0 Å². The van der Waals surface area contributed by atoms with E-state index in [4.69, 9.17) is 11.6 Å². The topological polar surface area (TPSA) is 53.2 Å². The van der Waals surface area contributed by atoms with Gasteiger partial charge in [0.15, 0.2) is 0 Å². The van der Waals surface area contributed by atoms with Crippen LogP contribution in [0.5, 0.6) is 0 Å². The monoisotopic (exact) mass is 303 g/mol. The fourth-order valence-electron chi connectivity index (χ4n) is 1.91. The van der Waals surface area contributed by atoms with Gasteiger partial charge in [0, 0.05) is 22.4 Å². The van der Waals surface area contributed by atoms with E-state index in [1.165, 1.54) is 0 Å². The zero-order valence-corrected chi connectivity index (χ0v) is 12.7. The molecule has 21 heavy (non-hydrogen) atoms. The van der Waals surface area contributed by atoms with E-state index in [-0.39, 0.29) is 12.1 Å². The highest BCUT2D eigenvalue weighted by molar-refractivity contribution is 6.30. The van der Waals surface area contributed by atoms with Gasteiger partial charge in [0.05, 0.1) is 0 Å². The highest BCUT2D eigenvalue weighted by atomic mass is 35.5. The van der Waals surface area contributed by atoms with Crippen LogP contribution in [0, 0.1) is 0 Å². The van der Waals surface area contributed by atoms with Crippen LogP contribution in [-0.4, -0.2) is 13.1 Å². The molecule has 2 aromatic rings. The van der Waals surface area contributed by atoms with Crippen molar-refractivity contribution in [2.75, 3.05) is 17.7 Å². The normalized spacial score (nSPS) is 11.8. The zero-order chi connectivity index (χ0) is 15.2. The molecule has 0 radical (unpaired) electrons. The van der Waals surface area contributed by atoms with Gasteiger partial charge in [0.1, 0.15) is 0 Å². The van der Waals surface area contributed by atoms with Crippen LogP contribution in [0.25, 0.3) is 0 Å². The second kappa shape index (κ2) is 7.11. The Morgan fingerprint density at radius 2 is 1.67 bits per heavy atom. The molecule has 2 rings (SSSR count). The number of hydrogen-bond acceptors (Lipinski definition) is 2. The van der Waals surface area contributed by atoms with Gasteiger partial charge in [0.25, 0.3) is 0 Å². The van der Waals surface area contributed by atoms with Crippen molar-refractivity contribution >= 4 is 29.0 Å². The first kappa shape index (κ1) is 15.4. The van der Waals surface area contributed by atoms with Crippen LogP contribution in [0.1, 0.15) is 18.5 Å². The van der Waals surface area contributed by atoms with Crippen LogP contribution in [0.2, 0.25) is 5.02 Å². The molecule has 0 aliphatic heterocycles. The Balaban J connectivity index is 2.02. The maximum absolute atomic E-state index is 12.0. The molecule has 0 aliphatic carbocycles. The maximum atomic E-state index is 12.0. The van der Waals surface area contributed by atoms with Crippen molar-refractivity contribution in [1.82, 2.24) is 5.32 Å². The number of carbonyl (C=O) groups excluding carboxylic acids is 1. The average Bonchev–Trinajstić information content (AvgIpc) is 2.46. The summed E-state index contributed by atoms with van der Waals surface area (Å²) >= 11 is 5.88. The second-order valence-electron chi connectivity index (χ2n) is 4.73. The predicted molar refractivity (Wildman–Crippen MR) is 88.0 cm³/mol. The Hall–Kier alpha value is -2.04. The lowest BCUT2D eigenvalue weighted by atomic mass is 10.1. The molecule has 4 nitrogen and oxygen atoms in total. The molecule has 0 heterocycles. The lowest BCUT2D eigenvalue weighted by Gasteiger charge is -2.13. The summed E-state index contributed by atoms with van der Waals surface area (Å²) in [6, 6.07) is 14.7. The van der Waals surface area contributed by atoms with Crippen molar-refractivity contribution in [2.24, 2.45) is 0 Å². The lowest BCUT2D eigenvalue weighted by molar-refractivity contribution is 0.262. The maximum Gasteiger partial charge on any atom is 0.323 e. The molecular formula is C16H18ClN3O. The van der Waals surface area contributed by atoms with Crippen LogP contribution in [0.15, 0.2) is 48.5 Å². The van der Waals surface area contributed by atoms with Crippen molar-refractivity contribution in [1.29, 1.82) is 0 Å².